The molecule has 0 fully saturated rings. The molecule has 1 nitrogen and oxygen atoms in total. The number of para-hydroxylation sites is 1. The first kappa shape index (κ1) is 20.5. The third-order valence-electron chi connectivity index (χ3n) is 5.25. The number of allylic oxidation sites excluding steroid dienone is 6. The summed E-state index contributed by atoms with van der Waals surface area (Å²) in [7, 11) is 0. The summed E-state index contributed by atoms with van der Waals surface area (Å²) in [5, 5.41) is 0. The smallest absolute Gasteiger partial charge is 0.0583 e. The van der Waals surface area contributed by atoms with Crippen LogP contribution < -0.4 is 4.90 Å². The van der Waals surface area contributed by atoms with E-state index >= 15 is 0 Å². The molecule has 146 valence electrons. The van der Waals surface area contributed by atoms with E-state index in [1.165, 1.54) is 33.9 Å². The topological polar surface area (TPSA) is 3.24 Å². The number of fused-ring (bicyclic) bond motifs is 2. The van der Waals surface area contributed by atoms with Gasteiger partial charge in [-0.25, -0.2) is 0 Å². The van der Waals surface area contributed by atoms with Gasteiger partial charge in [0.05, 0.1) is 6.04 Å². The highest BCUT2D eigenvalue weighted by atomic mass is 32.2. The van der Waals surface area contributed by atoms with E-state index in [-0.39, 0.29) is 0 Å². The first-order valence-corrected chi connectivity index (χ1v) is 11.4. The Morgan fingerprint density at radius 2 is 2.04 bits per heavy atom. The lowest BCUT2D eigenvalue weighted by Crippen LogP contribution is -2.44. The molecule has 0 N–H and O–H groups in total. The highest BCUT2D eigenvalue weighted by Crippen LogP contribution is 2.44. The molecule has 1 aliphatic carbocycles. The average Bonchev–Trinajstić information content (AvgIpc) is 2.73. The van der Waals surface area contributed by atoms with Crippen molar-refractivity contribution in [1.82, 2.24) is 0 Å². The average molecular weight is 390 g/mol. The summed E-state index contributed by atoms with van der Waals surface area (Å²) in [5.41, 5.74) is 5.47. The molecule has 2 aliphatic rings. The summed E-state index contributed by atoms with van der Waals surface area (Å²) in [6.07, 6.45) is 21.0. The molecule has 0 radical (unpaired) electrons. The number of anilines is 1. The van der Waals surface area contributed by atoms with Crippen LogP contribution in [-0.4, -0.2) is 24.1 Å². The number of hydrogen-bond acceptors (Lipinski definition) is 2. The quantitative estimate of drug-likeness (QED) is 0.354. The number of rotatable bonds is 8. The van der Waals surface area contributed by atoms with Crippen LogP contribution in [0.1, 0.15) is 25.8 Å². The Morgan fingerprint density at radius 3 is 2.82 bits per heavy atom. The second-order valence-electron chi connectivity index (χ2n) is 7.05. The van der Waals surface area contributed by atoms with E-state index in [4.69, 9.17) is 0 Å². The lowest BCUT2D eigenvalue weighted by molar-refractivity contribution is 0.616. The minimum absolute atomic E-state index is 0.350. The van der Waals surface area contributed by atoms with Crippen LogP contribution in [0.4, 0.5) is 5.69 Å². The fourth-order valence-corrected chi connectivity index (χ4v) is 4.66. The molecular weight excluding hydrogens is 358 g/mol. The molecule has 1 aromatic carbocycles. The van der Waals surface area contributed by atoms with Gasteiger partial charge in [0.2, 0.25) is 0 Å². The van der Waals surface area contributed by atoms with Crippen LogP contribution in [0.15, 0.2) is 91.1 Å². The van der Waals surface area contributed by atoms with Gasteiger partial charge in [-0.3, -0.25) is 0 Å². The third-order valence-corrected chi connectivity index (χ3v) is 6.18. The zero-order chi connectivity index (χ0) is 19.8. The zero-order valence-corrected chi connectivity index (χ0v) is 17.9. The van der Waals surface area contributed by atoms with E-state index in [0.717, 1.165) is 13.0 Å². The van der Waals surface area contributed by atoms with Crippen molar-refractivity contribution < 1.29 is 0 Å². The highest BCUT2D eigenvalue weighted by Gasteiger charge is 2.35. The van der Waals surface area contributed by atoms with Gasteiger partial charge in [-0.05, 0) is 42.1 Å². The van der Waals surface area contributed by atoms with Gasteiger partial charge in [-0.1, -0.05) is 86.4 Å². The van der Waals surface area contributed by atoms with E-state index < -0.39 is 0 Å². The second-order valence-corrected chi connectivity index (χ2v) is 8.45. The van der Waals surface area contributed by atoms with Crippen LogP contribution in [0.2, 0.25) is 0 Å². The number of benzene rings is 1. The van der Waals surface area contributed by atoms with E-state index in [1.807, 2.05) is 17.8 Å². The van der Waals surface area contributed by atoms with Gasteiger partial charge in [0.15, 0.2) is 0 Å². The van der Waals surface area contributed by atoms with E-state index in [1.54, 1.807) is 0 Å². The van der Waals surface area contributed by atoms with Crippen molar-refractivity contribution >= 4 is 23.0 Å². The maximum absolute atomic E-state index is 3.90. The predicted octanol–water partition coefficient (Wildman–Crippen LogP) is 6.83. The molecule has 2 atom stereocenters. The van der Waals surface area contributed by atoms with E-state index in [2.05, 4.69) is 98.2 Å². The lowest BCUT2D eigenvalue weighted by Gasteiger charge is -2.44. The molecule has 0 saturated carbocycles. The van der Waals surface area contributed by atoms with Gasteiger partial charge >= 0.3 is 0 Å². The van der Waals surface area contributed by atoms with Crippen molar-refractivity contribution in [3.05, 3.63) is 96.7 Å². The second kappa shape index (κ2) is 10.4. The first-order chi connectivity index (χ1) is 13.8. The molecule has 0 bridgehead atoms. The van der Waals surface area contributed by atoms with Gasteiger partial charge in [0.25, 0.3) is 0 Å². The van der Waals surface area contributed by atoms with Gasteiger partial charge in [0.1, 0.15) is 0 Å². The summed E-state index contributed by atoms with van der Waals surface area (Å²) < 4.78 is 0. The van der Waals surface area contributed by atoms with Crippen molar-refractivity contribution in [2.45, 2.75) is 26.3 Å². The van der Waals surface area contributed by atoms with Crippen LogP contribution >= 0.6 is 11.8 Å². The molecule has 1 heterocycles. The molecule has 28 heavy (non-hydrogen) atoms. The van der Waals surface area contributed by atoms with Crippen molar-refractivity contribution in [1.29, 1.82) is 0 Å². The summed E-state index contributed by atoms with van der Waals surface area (Å²) >= 11 is 2.02. The Kier molecular flexibility index (Phi) is 7.62. The number of hydrogen-bond donors (Lipinski definition) is 0. The fraction of sp³-hybridized carbons (Fsp3) is 0.308. The van der Waals surface area contributed by atoms with Crippen molar-refractivity contribution in [2.24, 2.45) is 5.92 Å². The number of nitrogens with zero attached hydrogens (tertiary/aromatic N) is 1. The van der Waals surface area contributed by atoms with Crippen molar-refractivity contribution in [2.75, 3.05) is 23.0 Å². The molecular formula is C26H31NS. The van der Waals surface area contributed by atoms with Crippen LogP contribution in [0, 0.1) is 5.92 Å². The summed E-state index contributed by atoms with van der Waals surface area (Å²) in [6, 6.07) is 9.24. The van der Waals surface area contributed by atoms with Crippen LogP contribution in [-0.2, 0) is 0 Å². The third kappa shape index (κ3) is 4.62. The molecule has 3 rings (SSSR count). The van der Waals surface area contributed by atoms with Gasteiger partial charge in [-0.15, -0.1) is 0 Å². The van der Waals surface area contributed by atoms with E-state index in [0.29, 0.717) is 12.0 Å². The van der Waals surface area contributed by atoms with Gasteiger partial charge in [0, 0.05) is 23.7 Å². The Bertz CT molecular complexity index is 825. The molecule has 0 saturated heterocycles. The highest BCUT2D eigenvalue weighted by molar-refractivity contribution is 7.99. The molecule has 0 spiro atoms. The maximum Gasteiger partial charge on any atom is 0.0583 e. The monoisotopic (exact) mass is 389 g/mol. The number of thioether (sulfide) groups is 1. The zero-order valence-electron chi connectivity index (χ0n) is 17.1. The van der Waals surface area contributed by atoms with Crippen molar-refractivity contribution in [3.63, 3.8) is 0 Å². The normalized spacial score (nSPS) is 22.6. The van der Waals surface area contributed by atoms with Gasteiger partial charge < -0.3 is 4.90 Å². The molecule has 0 aromatic heterocycles. The molecule has 2 heteroatoms. The molecule has 1 aromatic rings. The largest absolute Gasteiger partial charge is 0.359 e. The predicted molar refractivity (Wildman–Crippen MR) is 128 cm³/mol. The maximum atomic E-state index is 3.90. The summed E-state index contributed by atoms with van der Waals surface area (Å²) in [6.45, 7) is 9.08. The Balaban J connectivity index is 2.01. The minimum Gasteiger partial charge on any atom is -0.359 e. The van der Waals surface area contributed by atoms with Crippen LogP contribution in [0.3, 0.4) is 0 Å². The Hall–Kier alpha value is -2.19. The SMILES string of the molecule is C=C/C=C(\C=C/C)CN1c2ccccc2/C(=C/CCSCC)C2C=CC=CC21. The standard InChI is InChI=1S/C26H31NS/c1-4-12-21(13-5-2)20-27-25-17-9-7-14-23(25)22(16-11-19-28-6-3)24-15-8-10-18-26(24)27/h4-5,7-10,12-18,23,25H,1,6,11,19-20H2,2-3H3/b13-5-,21-12+,22-16+. The van der Waals surface area contributed by atoms with Gasteiger partial charge in [-0.2, -0.15) is 11.8 Å². The summed E-state index contributed by atoms with van der Waals surface area (Å²) in [4.78, 5) is 2.55. The van der Waals surface area contributed by atoms with Crippen LogP contribution in [0.25, 0.3) is 5.57 Å². The first-order valence-electron chi connectivity index (χ1n) is 10.2. The lowest BCUT2D eigenvalue weighted by atomic mass is 9.78. The molecule has 1 aliphatic heterocycles. The molecule has 2 unspecified atom stereocenters. The summed E-state index contributed by atoms with van der Waals surface area (Å²) in [5.74, 6) is 2.78. The Morgan fingerprint density at radius 1 is 1.21 bits per heavy atom. The van der Waals surface area contributed by atoms with Crippen LogP contribution in [0.5, 0.6) is 0 Å². The minimum atomic E-state index is 0.350. The van der Waals surface area contributed by atoms with Crippen molar-refractivity contribution in [3.8, 4) is 0 Å². The Labute approximate surface area is 174 Å². The molecule has 0 amide bonds. The van der Waals surface area contributed by atoms with E-state index in [9.17, 15) is 0 Å². The fourth-order valence-electron chi connectivity index (χ4n) is 4.09.